The Morgan fingerprint density at radius 3 is 2.51 bits per heavy atom. The van der Waals surface area contributed by atoms with Gasteiger partial charge in [-0.1, -0.05) is 19.9 Å². The van der Waals surface area contributed by atoms with Crippen molar-refractivity contribution in [3.05, 3.63) is 70.8 Å². The SMILES string of the molecule is CC(=O)O[C@@H]1[C@H](Oc2cc3c(cc2C)C2C(=O)c4cc5c(cc4C2N(CCCn2ccnc2)C3=O)OCO5)O[C@@H](C)[C@@H](C)[C@H]1C. The molecule has 1 amide bonds. The third-order valence-electron chi connectivity index (χ3n) is 9.86. The van der Waals surface area contributed by atoms with Crippen molar-refractivity contribution < 1.29 is 38.1 Å². The fourth-order valence-electron chi connectivity index (χ4n) is 7.17. The van der Waals surface area contributed by atoms with Gasteiger partial charge in [-0.2, -0.15) is 0 Å². The Kier molecular flexibility index (Phi) is 7.31. The van der Waals surface area contributed by atoms with Gasteiger partial charge in [0.15, 0.2) is 23.4 Å². The fraction of sp³-hybridized carbons (Fsp3) is 0.471. The number of carbonyl (C=O) groups excluding carboxylic acids is 3. The van der Waals surface area contributed by atoms with E-state index in [1.165, 1.54) is 6.92 Å². The molecule has 0 saturated carbocycles. The smallest absolute Gasteiger partial charge is 0.303 e. The molecule has 0 N–H and O–H groups in total. The Labute approximate surface area is 261 Å². The molecule has 3 aliphatic heterocycles. The molecule has 0 radical (unpaired) electrons. The molecule has 2 unspecified atom stereocenters. The first-order valence-corrected chi connectivity index (χ1v) is 15.5. The van der Waals surface area contributed by atoms with Crippen LogP contribution < -0.4 is 14.2 Å². The maximum absolute atomic E-state index is 14.4. The molecule has 1 fully saturated rings. The van der Waals surface area contributed by atoms with E-state index >= 15 is 0 Å². The summed E-state index contributed by atoms with van der Waals surface area (Å²) in [5.74, 6) is 0.432. The first-order chi connectivity index (χ1) is 21.6. The lowest BCUT2D eigenvalue weighted by molar-refractivity contribution is -0.242. The minimum atomic E-state index is -0.857. The van der Waals surface area contributed by atoms with Crippen molar-refractivity contribution in [1.29, 1.82) is 0 Å². The first-order valence-electron chi connectivity index (χ1n) is 15.5. The largest absolute Gasteiger partial charge is 0.461 e. The number of ketones is 1. The van der Waals surface area contributed by atoms with Gasteiger partial charge in [0, 0.05) is 49.5 Å². The van der Waals surface area contributed by atoms with E-state index in [9.17, 15) is 14.4 Å². The summed E-state index contributed by atoms with van der Waals surface area (Å²) < 4.78 is 31.5. The molecule has 4 aliphatic rings. The van der Waals surface area contributed by atoms with Crippen molar-refractivity contribution in [1.82, 2.24) is 14.5 Å². The van der Waals surface area contributed by atoms with Crippen LogP contribution >= 0.6 is 0 Å². The van der Waals surface area contributed by atoms with E-state index in [0.717, 1.165) is 11.1 Å². The summed E-state index contributed by atoms with van der Waals surface area (Å²) in [4.78, 5) is 46.4. The van der Waals surface area contributed by atoms with Gasteiger partial charge >= 0.3 is 5.97 Å². The second-order valence-corrected chi connectivity index (χ2v) is 12.6. The van der Waals surface area contributed by atoms with Crippen LogP contribution in [0.4, 0.5) is 0 Å². The van der Waals surface area contributed by atoms with E-state index in [4.69, 9.17) is 23.7 Å². The van der Waals surface area contributed by atoms with Crippen LogP contribution in [0.1, 0.15) is 83.5 Å². The highest BCUT2D eigenvalue weighted by atomic mass is 16.7. The van der Waals surface area contributed by atoms with Gasteiger partial charge in [0.1, 0.15) is 5.75 Å². The number of fused-ring (bicyclic) bond motifs is 6. The average Bonchev–Trinajstić information content (AvgIpc) is 3.75. The highest BCUT2D eigenvalue weighted by molar-refractivity contribution is 6.11. The predicted octanol–water partition coefficient (Wildman–Crippen LogP) is 4.82. The number of rotatable bonds is 7. The monoisotopic (exact) mass is 615 g/mol. The van der Waals surface area contributed by atoms with E-state index in [-0.39, 0.29) is 36.4 Å². The first kappa shape index (κ1) is 29.3. The number of esters is 1. The zero-order valence-electron chi connectivity index (χ0n) is 26.0. The standard InChI is InChI=1S/C34H37N3O8/c1-17-11-22-25(14-26(17)45-34-32(44-21(5)38)19(3)18(2)20(4)43-34)33(40)37(9-6-8-36-10-7-35-15-36)30-23-12-27-28(42-16-41-27)13-24(23)31(39)29(22)30/h7,10-15,18-20,29-30,32,34H,6,8-9,16H2,1-5H3/t18-,19+,20-,29?,30?,32-,34-/m0/s1. The van der Waals surface area contributed by atoms with E-state index in [0.29, 0.717) is 53.4 Å². The number of amides is 1. The van der Waals surface area contributed by atoms with E-state index in [1.54, 1.807) is 29.6 Å². The molecule has 0 bridgehead atoms. The summed E-state index contributed by atoms with van der Waals surface area (Å²) >= 11 is 0. The van der Waals surface area contributed by atoms with E-state index in [1.807, 2.05) is 43.7 Å². The highest BCUT2D eigenvalue weighted by Gasteiger charge is 2.51. The van der Waals surface area contributed by atoms with Crippen molar-refractivity contribution in [2.24, 2.45) is 11.8 Å². The van der Waals surface area contributed by atoms with Gasteiger partial charge in [-0.15, -0.1) is 0 Å². The van der Waals surface area contributed by atoms with Crippen LogP contribution in [0.2, 0.25) is 0 Å². The van der Waals surface area contributed by atoms with Gasteiger partial charge in [-0.05, 0) is 61.1 Å². The molecule has 3 aromatic rings. The summed E-state index contributed by atoms with van der Waals surface area (Å²) in [5.41, 5.74) is 3.14. The van der Waals surface area contributed by atoms with Gasteiger partial charge in [0.05, 0.1) is 24.4 Å². The van der Waals surface area contributed by atoms with E-state index in [2.05, 4.69) is 11.9 Å². The van der Waals surface area contributed by atoms with Gasteiger partial charge < -0.3 is 33.2 Å². The maximum Gasteiger partial charge on any atom is 0.303 e. The summed E-state index contributed by atoms with van der Waals surface area (Å²) in [5, 5.41) is 0. The molecule has 45 heavy (non-hydrogen) atoms. The molecule has 1 aliphatic carbocycles. The highest BCUT2D eigenvalue weighted by Crippen LogP contribution is 2.54. The van der Waals surface area contributed by atoms with Crippen molar-refractivity contribution in [3.63, 3.8) is 0 Å². The lowest BCUT2D eigenvalue weighted by atomic mass is 9.81. The van der Waals surface area contributed by atoms with Crippen molar-refractivity contribution in [2.75, 3.05) is 13.3 Å². The fourth-order valence-corrected chi connectivity index (χ4v) is 7.17. The van der Waals surface area contributed by atoms with Gasteiger partial charge in [-0.3, -0.25) is 14.4 Å². The second kappa shape index (κ2) is 11.2. The predicted molar refractivity (Wildman–Crippen MR) is 160 cm³/mol. The van der Waals surface area contributed by atoms with Crippen LogP contribution in [0.15, 0.2) is 43.0 Å². The molecule has 236 valence electrons. The second-order valence-electron chi connectivity index (χ2n) is 12.6. The van der Waals surface area contributed by atoms with Crippen LogP contribution in [0.25, 0.3) is 0 Å². The Balaban J connectivity index is 1.26. The van der Waals surface area contributed by atoms with Crippen molar-refractivity contribution in [3.8, 4) is 17.2 Å². The molecule has 1 aromatic heterocycles. The minimum absolute atomic E-state index is 0.0156. The van der Waals surface area contributed by atoms with Crippen LogP contribution in [-0.4, -0.2) is 63.9 Å². The van der Waals surface area contributed by atoms with Gasteiger partial charge in [0.2, 0.25) is 13.1 Å². The summed E-state index contributed by atoms with van der Waals surface area (Å²) in [7, 11) is 0. The summed E-state index contributed by atoms with van der Waals surface area (Å²) in [6.07, 6.45) is 4.41. The number of benzene rings is 2. The van der Waals surface area contributed by atoms with Crippen molar-refractivity contribution in [2.45, 2.75) is 78.0 Å². The number of aromatic nitrogens is 2. The molecule has 1 saturated heterocycles. The quantitative estimate of drug-likeness (QED) is 0.345. The third-order valence-corrected chi connectivity index (χ3v) is 9.86. The lowest BCUT2D eigenvalue weighted by Crippen LogP contribution is -2.52. The number of ether oxygens (including phenoxy) is 5. The number of nitrogens with zero attached hydrogens (tertiary/aromatic N) is 3. The average molecular weight is 616 g/mol. The molecule has 4 heterocycles. The lowest BCUT2D eigenvalue weighted by Gasteiger charge is -2.43. The Hall–Kier alpha value is -4.38. The number of imidazole rings is 1. The zero-order chi connectivity index (χ0) is 31.6. The minimum Gasteiger partial charge on any atom is -0.461 e. The number of carbonyl (C=O) groups is 3. The molecule has 7 atom stereocenters. The molecule has 2 aromatic carbocycles. The molecule has 11 heteroatoms. The van der Waals surface area contributed by atoms with E-state index < -0.39 is 30.3 Å². The van der Waals surface area contributed by atoms with Crippen LogP contribution in [-0.2, 0) is 20.8 Å². The van der Waals surface area contributed by atoms with Crippen LogP contribution in [0.3, 0.4) is 0 Å². The number of hydrogen-bond acceptors (Lipinski definition) is 9. The summed E-state index contributed by atoms with van der Waals surface area (Å²) in [6, 6.07) is 6.72. The van der Waals surface area contributed by atoms with Crippen molar-refractivity contribution >= 4 is 17.7 Å². The maximum atomic E-state index is 14.4. The molecular weight excluding hydrogens is 578 g/mol. The topological polar surface area (TPSA) is 118 Å². The molecule has 11 nitrogen and oxygen atoms in total. The number of aryl methyl sites for hydroxylation is 2. The Bertz CT molecular complexity index is 1670. The van der Waals surface area contributed by atoms with Crippen LogP contribution in [0, 0.1) is 18.8 Å². The summed E-state index contributed by atoms with van der Waals surface area (Å²) in [6.45, 7) is 10.5. The Morgan fingerprint density at radius 1 is 1.00 bits per heavy atom. The van der Waals surface area contributed by atoms with Crippen LogP contribution in [0.5, 0.6) is 17.2 Å². The third kappa shape index (κ3) is 4.93. The number of Topliss-reactive ketones (excluding diaryl/α,β-unsaturated/α-hetero) is 1. The normalized spacial score (nSPS) is 28.0. The van der Waals surface area contributed by atoms with Gasteiger partial charge in [-0.25, -0.2) is 4.98 Å². The molecular formula is C34H37N3O8. The molecule has 0 spiro atoms. The Morgan fingerprint density at radius 2 is 1.78 bits per heavy atom. The number of hydrogen-bond donors (Lipinski definition) is 0. The van der Waals surface area contributed by atoms with Gasteiger partial charge in [0.25, 0.3) is 5.91 Å². The molecule has 7 rings (SSSR count). The zero-order valence-corrected chi connectivity index (χ0v) is 26.0.